The Balaban J connectivity index is 1.75. The second-order valence-corrected chi connectivity index (χ2v) is 6.47. The number of benzene rings is 3. The lowest BCUT2D eigenvalue weighted by atomic mass is 10.0. The van der Waals surface area contributed by atoms with Gasteiger partial charge >= 0.3 is 0 Å². The van der Waals surface area contributed by atoms with E-state index in [0.29, 0.717) is 22.8 Å². The molecule has 4 rings (SSSR count). The molecule has 0 aliphatic heterocycles. The molecule has 0 saturated heterocycles. The molecule has 0 unspecified atom stereocenters. The molecule has 3 aromatic rings. The molecule has 138 valence electrons. The maximum atomic E-state index is 13.0. The molecule has 0 spiro atoms. The summed E-state index contributed by atoms with van der Waals surface area (Å²) in [5.74, 6) is 1.16. The van der Waals surface area contributed by atoms with Crippen LogP contribution in [0.15, 0.2) is 42.5 Å². The lowest BCUT2D eigenvalue weighted by Gasteiger charge is -2.15. The molecule has 1 aliphatic carbocycles. The van der Waals surface area contributed by atoms with Gasteiger partial charge in [-0.1, -0.05) is 24.3 Å². The van der Waals surface area contributed by atoms with Gasteiger partial charge in [-0.2, -0.15) is 0 Å². The van der Waals surface area contributed by atoms with Crippen molar-refractivity contribution < 1.29 is 19.0 Å². The van der Waals surface area contributed by atoms with Crippen LogP contribution in [0.2, 0.25) is 0 Å². The predicted octanol–water partition coefficient (Wildman–Crippen LogP) is 4.22. The van der Waals surface area contributed by atoms with Crippen LogP contribution in [-0.4, -0.2) is 27.2 Å². The van der Waals surface area contributed by atoms with Gasteiger partial charge < -0.3 is 19.5 Å². The van der Waals surface area contributed by atoms with Gasteiger partial charge in [0.25, 0.3) is 5.91 Å². The SMILES string of the molecule is COc1cc(OC)c(C(=O)Nc2ccc3c4c(cccc24)CC3)cc1OC. The number of aryl methyl sites for hydroxylation is 2. The standard InChI is InChI=1S/C22H21NO4/c1-25-18-12-20(27-3)19(26-2)11-16(18)22(24)23-17-10-9-14-8-7-13-5-4-6-15(17)21(13)14/h4-6,9-12H,7-8H2,1-3H3,(H,23,24). The van der Waals surface area contributed by atoms with Gasteiger partial charge in [0, 0.05) is 23.2 Å². The van der Waals surface area contributed by atoms with Gasteiger partial charge in [-0.25, -0.2) is 0 Å². The zero-order valence-electron chi connectivity index (χ0n) is 15.6. The number of hydrogen-bond donors (Lipinski definition) is 1. The summed E-state index contributed by atoms with van der Waals surface area (Å²) in [6, 6.07) is 13.6. The van der Waals surface area contributed by atoms with E-state index in [-0.39, 0.29) is 5.91 Å². The van der Waals surface area contributed by atoms with Gasteiger partial charge in [0.2, 0.25) is 0 Å². The fourth-order valence-electron chi connectivity index (χ4n) is 3.75. The second-order valence-electron chi connectivity index (χ2n) is 6.47. The minimum absolute atomic E-state index is 0.258. The number of ether oxygens (including phenoxy) is 3. The molecule has 5 nitrogen and oxygen atoms in total. The van der Waals surface area contributed by atoms with Gasteiger partial charge in [-0.05, 0) is 35.4 Å². The largest absolute Gasteiger partial charge is 0.496 e. The lowest BCUT2D eigenvalue weighted by Crippen LogP contribution is -2.14. The summed E-state index contributed by atoms with van der Waals surface area (Å²) in [5.41, 5.74) is 3.85. The van der Waals surface area contributed by atoms with Crippen molar-refractivity contribution in [3.63, 3.8) is 0 Å². The van der Waals surface area contributed by atoms with Crippen LogP contribution in [0.3, 0.4) is 0 Å². The number of anilines is 1. The molecule has 0 heterocycles. The van der Waals surface area contributed by atoms with Crippen LogP contribution < -0.4 is 19.5 Å². The fourth-order valence-corrected chi connectivity index (χ4v) is 3.75. The zero-order chi connectivity index (χ0) is 19.0. The van der Waals surface area contributed by atoms with Gasteiger partial charge in [0.1, 0.15) is 5.75 Å². The molecule has 3 aromatic carbocycles. The first kappa shape index (κ1) is 17.2. The maximum Gasteiger partial charge on any atom is 0.259 e. The highest BCUT2D eigenvalue weighted by Crippen LogP contribution is 2.37. The van der Waals surface area contributed by atoms with Crippen LogP contribution in [0, 0.1) is 0 Å². The van der Waals surface area contributed by atoms with E-state index in [0.717, 1.165) is 23.9 Å². The van der Waals surface area contributed by atoms with Gasteiger partial charge in [-0.15, -0.1) is 0 Å². The molecular formula is C22H21NO4. The van der Waals surface area contributed by atoms with Crippen molar-refractivity contribution in [2.24, 2.45) is 0 Å². The average Bonchev–Trinajstić information content (AvgIpc) is 3.13. The van der Waals surface area contributed by atoms with E-state index in [4.69, 9.17) is 14.2 Å². The summed E-state index contributed by atoms with van der Waals surface area (Å²) in [5, 5.41) is 5.36. The van der Waals surface area contributed by atoms with Crippen molar-refractivity contribution in [2.75, 3.05) is 26.6 Å². The van der Waals surface area contributed by atoms with Gasteiger partial charge in [0.05, 0.1) is 26.9 Å². The molecule has 0 saturated carbocycles. The molecule has 27 heavy (non-hydrogen) atoms. The number of rotatable bonds is 5. The number of hydrogen-bond acceptors (Lipinski definition) is 4. The molecule has 1 amide bonds. The van der Waals surface area contributed by atoms with E-state index < -0.39 is 0 Å². The van der Waals surface area contributed by atoms with E-state index in [1.54, 1.807) is 19.2 Å². The van der Waals surface area contributed by atoms with E-state index in [9.17, 15) is 4.79 Å². The highest BCUT2D eigenvalue weighted by Gasteiger charge is 2.20. The number of carbonyl (C=O) groups excluding carboxylic acids is 1. The average molecular weight is 363 g/mol. The molecule has 0 aromatic heterocycles. The summed E-state index contributed by atoms with van der Waals surface area (Å²) in [6.45, 7) is 0. The summed E-state index contributed by atoms with van der Waals surface area (Å²) in [7, 11) is 4.61. The predicted molar refractivity (Wildman–Crippen MR) is 105 cm³/mol. The maximum absolute atomic E-state index is 13.0. The van der Waals surface area contributed by atoms with Crippen molar-refractivity contribution in [3.8, 4) is 17.2 Å². The minimum atomic E-state index is -0.258. The van der Waals surface area contributed by atoms with E-state index >= 15 is 0 Å². The van der Waals surface area contributed by atoms with Crippen molar-refractivity contribution in [2.45, 2.75) is 12.8 Å². The van der Waals surface area contributed by atoms with Crippen LogP contribution in [0.4, 0.5) is 5.69 Å². The summed E-state index contributed by atoms with van der Waals surface area (Å²) >= 11 is 0. The molecule has 0 bridgehead atoms. The first-order chi connectivity index (χ1) is 13.2. The van der Waals surface area contributed by atoms with Crippen molar-refractivity contribution in [3.05, 3.63) is 59.2 Å². The Morgan fingerprint density at radius 3 is 2.22 bits per heavy atom. The van der Waals surface area contributed by atoms with Crippen molar-refractivity contribution in [1.82, 2.24) is 0 Å². The van der Waals surface area contributed by atoms with Crippen LogP contribution in [0.1, 0.15) is 21.5 Å². The first-order valence-electron chi connectivity index (χ1n) is 8.81. The Kier molecular flexibility index (Phi) is 4.36. The van der Waals surface area contributed by atoms with Crippen LogP contribution in [0.5, 0.6) is 17.2 Å². The third-order valence-corrected chi connectivity index (χ3v) is 5.08. The lowest BCUT2D eigenvalue weighted by molar-refractivity contribution is 0.102. The highest BCUT2D eigenvalue weighted by molar-refractivity contribution is 6.11. The van der Waals surface area contributed by atoms with Gasteiger partial charge in [0.15, 0.2) is 11.5 Å². The van der Waals surface area contributed by atoms with E-state index in [2.05, 4.69) is 23.5 Å². The molecule has 0 radical (unpaired) electrons. The van der Waals surface area contributed by atoms with Crippen molar-refractivity contribution in [1.29, 1.82) is 0 Å². The number of amides is 1. The Morgan fingerprint density at radius 1 is 0.852 bits per heavy atom. The minimum Gasteiger partial charge on any atom is -0.496 e. The third-order valence-electron chi connectivity index (χ3n) is 5.08. The number of carbonyl (C=O) groups is 1. The Labute approximate surface area is 157 Å². The molecular weight excluding hydrogens is 342 g/mol. The summed E-state index contributed by atoms with van der Waals surface area (Å²) in [6.07, 6.45) is 2.10. The van der Waals surface area contributed by atoms with Crippen LogP contribution >= 0.6 is 0 Å². The number of nitrogens with one attached hydrogen (secondary N) is 1. The Hall–Kier alpha value is -3.21. The quantitative estimate of drug-likeness (QED) is 0.737. The monoisotopic (exact) mass is 363 g/mol. The van der Waals surface area contributed by atoms with Crippen LogP contribution in [-0.2, 0) is 12.8 Å². The van der Waals surface area contributed by atoms with E-state index in [1.807, 2.05) is 12.1 Å². The topological polar surface area (TPSA) is 56.8 Å². The molecule has 0 atom stereocenters. The fraction of sp³-hybridized carbons (Fsp3) is 0.227. The zero-order valence-corrected chi connectivity index (χ0v) is 15.6. The highest BCUT2D eigenvalue weighted by atomic mass is 16.5. The first-order valence-corrected chi connectivity index (χ1v) is 8.81. The Morgan fingerprint density at radius 2 is 1.52 bits per heavy atom. The van der Waals surface area contributed by atoms with E-state index in [1.165, 1.54) is 30.7 Å². The second kappa shape index (κ2) is 6.83. The number of methoxy groups -OCH3 is 3. The molecule has 0 fully saturated rings. The molecule has 1 aliphatic rings. The molecule has 1 N–H and O–H groups in total. The summed E-state index contributed by atoms with van der Waals surface area (Å²) in [4.78, 5) is 13.0. The normalized spacial score (nSPS) is 12.1. The van der Waals surface area contributed by atoms with Crippen molar-refractivity contribution >= 4 is 22.4 Å². The Bertz CT molecular complexity index is 1030. The smallest absolute Gasteiger partial charge is 0.259 e. The molecule has 5 heteroatoms. The van der Waals surface area contributed by atoms with Gasteiger partial charge in [-0.3, -0.25) is 4.79 Å². The van der Waals surface area contributed by atoms with Crippen LogP contribution in [0.25, 0.3) is 10.8 Å². The summed E-state index contributed by atoms with van der Waals surface area (Å²) < 4.78 is 16.0. The third kappa shape index (κ3) is 2.85.